The number of hydrogen-bond acceptors (Lipinski definition) is 7. The number of imidazole rings is 1. The van der Waals surface area contributed by atoms with E-state index in [1.807, 2.05) is 40.3 Å². The van der Waals surface area contributed by atoms with Crippen molar-refractivity contribution >= 4 is 28.7 Å². The van der Waals surface area contributed by atoms with Crippen LogP contribution < -0.4 is 4.90 Å². The third-order valence-corrected chi connectivity index (χ3v) is 8.38. The van der Waals surface area contributed by atoms with Gasteiger partial charge in [-0.15, -0.1) is 0 Å². The predicted molar refractivity (Wildman–Crippen MR) is 146 cm³/mol. The Bertz CT molecular complexity index is 1640. The molecule has 2 fully saturated rings. The minimum atomic E-state index is -0.944. The van der Waals surface area contributed by atoms with E-state index >= 15 is 0 Å². The summed E-state index contributed by atoms with van der Waals surface area (Å²) >= 11 is 0. The Morgan fingerprint density at radius 2 is 1.85 bits per heavy atom. The summed E-state index contributed by atoms with van der Waals surface area (Å²) in [7, 11) is 0. The average Bonchev–Trinajstić information content (AvgIpc) is 3.53. The standard InChI is InChI=1S/C29H30N8O2/c1-4-35-22-10-9-19(13-21(22)29(28(35)39)11-6-12-37(29)27(38)18-7-8-18)23-24-26(33-16-32-23)36(5-2)25(34-24)20-14-30-17(3)31-15-20/h9-10,13-16,18H,4-8,11-12H2,1-3H3. The quantitative estimate of drug-likeness (QED) is 0.391. The predicted octanol–water partition coefficient (Wildman–Crippen LogP) is 3.87. The van der Waals surface area contributed by atoms with Gasteiger partial charge in [0.1, 0.15) is 34.7 Å². The number of benzene rings is 1. The van der Waals surface area contributed by atoms with Gasteiger partial charge in [-0.2, -0.15) is 0 Å². The minimum Gasteiger partial charge on any atom is -0.324 e. The van der Waals surface area contributed by atoms with Crippen molar-refractivity contribution in [2.45, 2.75) is 58.5 Å². The lowest BCUT2D eigenvalue weighted by Crippen LogP contribution is -2.52. The Labute approximate surface area is 226 Å². The topological polar surface area (TPSA) is 110 Å². The fourth-order valence-electron chi connectivity index (χ4n) is 6.36. The molecule has 4 aromatic rings. The molecule has 2 aliphatic heterocycles. The van der Waals surface area contributed by atoms with E-state index in [4.69, 9.17) is 4.98 Å². The van der Waals surface area contributed by atoms with E-state index in [-0.39, 0.29) is 17.7 Å². The number of carbonyl (C=O) groups is 2. The molecule has 1 aliphatic carbocycles. The van der Waals surface area contributed by atoms with Crippen LogP contribution in [0.2, 0.25) is 0 Å². The molecule has 5 heterocycles. The Hall–Kier alpha value is -4.21. The molecule has 1 aromatic carbocycles. The zero-order chi connectivity index (χ0) is 26.9. The zero-order valence-electron chi connectivity index (χ0n) is 22.4. The van der Waals surface area contributed by atoms with Crippen molar-refractivity contribution < 1.29 is 9.59 Å². The number of likely N-dealkylation sites (N-methyl/N-ethyl adjacent to an activating group) is 1. The maximum Gasteiger partial charge on any atom is 0.257 e. The van der Waals surface area contributed by atoms with Crippen LogP contribution in [0.15, 0.2) is 36.9 Å². The Morgan fingerprint density at radius 3 is 2.56 bits per heavy atom. The molecule has 1 saturated carbocycles. The maximum atomic E-state index is 14.0. The van der Waals surface area contributed by atoms with Crippen LogP contribution in [0.4, 0.5) is 5.69 Å². The summed E-state index contributed by atoms with van der Waals surface area (Å²) in [4.78, 5) is 54.0. The normalized spacial score (nSPS) is 20.4. The number of carbonyl (C=O) groups excluding carboxylic acids is 2. The van der Waals surface area contributed by atoms with Gasteiger partial charge < -0.3 is 14.4 Å². The summed E-state index contributed by atoms with van der Waals surface area (Å²) in [5, 5.41) is 0. The molecule has 7 rings (SSSR count). The van der Waals surface area contributed by atoms with Crippen LogP contribution in [0.25, 0.3) is 33.8 Å². The van der Waals surface area contributed by atoms with Crippen molar-refractivity contribution in [1.29, 1.82) is 0 Å². The summed E-state index contributed by atoms with van der Waals surface area (Å²) in [6, 6.07) is 6.05. The van der Waals surface area contributed by atoms with Crippen molar-refractivity contribution in [3.8, 4) is 22.6 Å². The lowest BCUT2D eigenvalue weighted by molar-refractivity contribution is -0.144. The highest BCUT2D eigenvalue weighted by atomic mass is 16.2. The van der Waals surface area contributed by atoms with E-state index in [9.17, 15) is 9.59 Å². The molecular formula is C29H30N8O2. The van der Waals surface area contributed by atoms with Crippen LogP contribution >= 0.6 is 0 Å². The lowest BCUT2D eigenvalue weighted by atomic mass is 9.86. The third-order valence-electron chi connectivity index (χ3n) is 8.38. The summed E-state index contributed by atoms with van der Waals surface area (Å²) in [6.45, 7) is 7.73. The van der Waals surface area contributed by atoms with Gasteiger partial charge in [-0.3, -0.25) is 9.59 Å². The first-order chi connectivity index (χ1) is 19.0. The summed E-state index contributed by atoms with van der Waals surface area (Å²) in [5.41, 5.74) is 4.59. The number of aryl methyl sites for hydroxylation is 2. The van der Waals surface area contributed by atoms with E-state index in [1.165, 1.54) is 0 Å². The summed E-state index contributed by atoms with van der Waals surface area (Å²) in [6.07, 6.45) is 8.39. The van der Waals surface area contributed by atoms with E-state index in [2.05, 4.69) is 32.9 Å². The molecular weight excluding hydrogens is 492 g/mol. The van der Waals surface area contributed by atoms with Gasteiger partial charge in [0.25, 0.3) is 5.91 Å². The van der Waals surface area contributed by atoms with Crippen LogP contribution in [-0.4, -0.2) is 59.3 Å². The van der Waals surface area contributed by atoms with Crippen LogP contribution in [0.1, 0.15) is 50.9 Å². The average molecular weight is 523 g/mol. The number of anilines is 1. The van der Waals surface area contributed by atoms with Crippen molar-refractivity contribution in [3.05, 3.63) is 48.3 Å². The van der Waals surface area contributed by atoms with Crippen LogP contribution in [0.3, 0.4) is 0 Å². The number of likely N-dealkylation sites (tertiary alicyclic amines) is 1. The third kappa shape index (κ3) is 3.36. The Kier molecular flexibility index (Phi) is 5.30. The van der Waals surface area contributed by atoms with Gasteiger partial charge in [0.2, 0.25) is 5.91 Å². The molecule has 0 bridgehead atoms. The summed E-state index contributed by atoms with van der Waals surface area (Å²) in [5.74, 6) is 1.61. The summed E-state index contributed by atoms with van der Waals surface area (Å²) < 4.78 is 2.04. The van der Waals surface area contributed by atoms with Crippen molar-refractivity contribution in [1.82, 2.24) is 34.4 Å². The second-order valence-electron chi connectivity index (χ2n) is 10.6. The number of aromatic nitrogens is 6. The van der Waals surface area contributed by atoms with E-state index in [0.717, 1.165) is 53.1 Å². The van der Waals surface area contributed by atoms with Crippen molar-refractivity contribution in [3.63, 3.8) is 0 Å². The van der Waals surface area contributed by atoms with Gasteiger partial charge in [0, 0.05) is 54.8 Å². The highest BCUT2D eigenvalue weighted by Crippen LogP contribution is 2.52. The Morgan fingerprint density at radius 1 is 1.05 bits per heavy atom. The molecule has 0 N–H and O–H groups in total. The van der Waals surface area contributed by atoms with Crippen LogP contribution in [-0.2, 0) is 21.7 Å². The highest BCUT2D eigenvalue weighted by Gasteiger charge is 2.59. The number of rotatable bonds is 5. The zero-order valence-corrected chi connectivity index (χ0v) is 22.4. The van der Waals surface area contributed by atoms with Crippen molar-refractivity contribution in [2.75, 3.05) is 18.0 Å². The van der Waals surface area contributed by atoms with Gasteiger partial charge in [-0.1, -0.05) is 6.07 Å². The van der Waals surface area contributed by atoms with Gasteiger partial charge in [-0.25, -0.2) is 24.9 Å². The first-order valence-electron chi connectivity index (χ1n) is 13.8. The molecule has 198 valence electrons. The van der Waals surface area contributed by atoms with E-state index < -0.39 is 5.54 Å². The first kappa shape index (κ1) is 23.9. The van der Waals surface area contributed by atoms with Gasteiger partial charge >= 0.3 is 0 Å². The number of hydrogen-bond donors (Lipinski definition) is 0. The highest BCUT2D eigenvalue weighted by molar-refractivity contribution is 6.10. The van der Waals surface area contributed by atoms with E-state index in [1.54, 1.807) is 18.7 Å². The number of nitrogens with zero attached hydrogens (tertiary/aromatic N) is 8. The fraction of sp³-hybridized carbons (Fsp3) is 0.414. The van der Waals surface area contributed by atoms with Gasteiger partial charge in [-0.05, 0) is 58.6 Å². The number of amides is 2. The molecule has 1 spiro atoms. The lowest BCUT2D eigenvalue weighted by Gasteiger charge is -2.34. The second kappa shape index (κ2) is 8.65. The molecule has 39 heavy (non-hydrogen) atoms. The monoisotopic (exact) mass is 522 g/mol. The van der Waals surface area contributed by atoms with Crippen LogP contribution in [0.5, 0.6) is 0 Å². The largest absolute Gasteiger partial charge is 0.324 e. The SMILES string of the molecule is CCN1C(=O)C2(CCCN2C(=O)C2CC2)c2cc(-c3ncnc4c3nc(-c3cnc(C)nc3)n4CC)ccc21. The molecule has 1 atom stereocenters. The first-order valence-corrected chi connectivity index (χ1v) is 13.8. The molecule has 10 heteroatoms. The van der Waals surface area contributed by atoms with Crippen LogP contribution in [0, 0.1) is 12.8 Å². The van der Waals surface area contributed by atoms with Gasteiger partial charge in [0.05, 0.1) is 5.56 Å². The molecule has 3 aliphatic rings. The van der Waals surface area contributed by atoms with Crippen molar-refractivity contribution in [2.24, 2.45) is 5.92 Å². The second-order valence-corrected chi connectivity index (χ2v) is 10.6. The molecule has 1 saturated heterocycles. The smallest absolute Gasteiger partial charge is 0.257 e. The Balaban J connectivity index is 1.40. The fourth-order valence-corrected chi connectivity index (χ4v) is 6.36. The number of fused-ring (bicyclic) bond motifs is 3. The maximum absolute atomic E-state index is 14.0. The minimum absolute atomic E-state index is 0.00778. The molecule has 0 radical (unpaired) electrons. The van der Waals surface area contributed by atoms with Gasteiger partial charge in [0.15, 0.2) is 5.65 Å². The molecule has 10 nitrogen and oxygen atoms in total. The molecule has 3 aromatic heterocycles. The van der Waals surface area contributed by atoms with E-state index in [0.29, 0.717) is 43.1 Å². The molecule has 2 amide bonds. The molecule has 1 unspecified atom stereocenters.